The number of alkyl halides is 3. The Bertz CT molecular complexity index is 1720. The zero-order valence-corrected chi connectivity index (χ0v) is 24.4. The van der Waals surface area contributed by atoms with Crippen LogP contribution in [-0.2, 0) is 16.5 Å². The first kappa shape index (κ1) is 29.3. The number of halogens is 6. The zero-order valence-electron chi connectivity index (χ0n) is 22.9. The number of primary amides is 1. The van der Waals surface area contributed by atoms with Crippen molar-refractivity contribution in [1.29, 1.82) is 0 Å². The second kappa shape index (κ2) is 10.1. The van der Waals surface area contributed by atoms with Gasteiger partial charge in [0.25, 0.3) is 0 Å². The molecule has 1 aliphatic carbocycles. The number of aliphatic hydroxyl groups is 1. The van der Waals surface area contributed by atoms with E-state index in [1.807, 2.05) is 4.90 Å². The Morgan fingerprint density at radius 2 is 1.86 bits per heavy atom. The van der Waals surface area contributed by atoms with Gasteiger partial charge >= 0.3 is 6.18 Å². The SMILES string of the molecule is NC(=O)c1ccc(N2C[C@H]3[C@@H](C2O)[C@H](c2cccc(Cl)c2F)[C@]2(C(=O)Nc4cc(Cl)ccc42)N3CC2CC2)cc1C(F)(F)F. The standard InChI is InChI=1S/C31H26Cl2F4N4O3/c32-15-6-9-19-22(10-15)39-29(44)30(19)25(18-2-1-3-21(33)26(18)34)24-23(41(30)12-14-4-5-14)13-40(28(24)43)16-7-8-17(27(38)42)20(11-16)31(35,36)37/h1-3,6-11,14,23-25,28,43H,4-5,12-13H2,(H2,38,42)(H,39,44)/t23-,24+,25-,28?,30+/m0/s1. The maximum Gasteiger partial charge on any atom is 0.417 e. The van der Waals surface area contributed by atoms with Gasteiger partial charge in [0.15, 0.2) is 0 Å². The van der Waals surface area contributed by atoms with Crippen LogP contribution in [0.25, 0.3) is 0 Å². The van der Waals surface area contributed by atoms with Gasteiger partial charge in [-0.1, -0.05) is 41.4 Å². The minimum Gasteiger partial charge on any atom is -0.373 e. The van der Waals surface area contributed by atoms with Crippen molar-refractivity contribution < 1.29 is 32.3 Å². The van der Waals surface area contributed by atoms with Gasteiger partial charge < -0.3 is 21.1 Å². The topological polar surface area (TPSA) is 98.9 Å². The number of hydrogen-bond donors (Lipinski definition) is 3. The van der Waals surface area contributed by atoms with Crippen LogP contribution >= 0.6 is 23.2 Å². The quantitative estimate of drug-likeness (QED) is 0.307. The van der Waals surface area contributed by atoms with Gasteiger partial charge in [-0.15, -0.1) is 0 Å². The molecule has 1 unspecified atom stereocenters. The smallest absolute Gasteiger partial charge is 0.373 e. The first-order valence-electron chi connectivity index (χ1n) is 14.1. The third-order valence-corrected chi connectivity index (χ3v) is 10.1. The lowest BCUT2D eigenvalue weighted by Gasteiger charge is -2.42. The second-order valence-corrected chi connectivity index (χ2v) is 12.8. The zero-order chi connectivity index (χ0) is 31.3. The molecule has 3 fully saturated rings. The van der Waals surface area contributed by atoms with Crippen LogP contribution in [-0.4, -0.2) is 47.2 Å². The molecule has 7 nitrogen and oxygen atoms in total. The lowest BCUT2D eigenvalue weighted by Crippen LogP contribution is -2.54. The van der Waals surface area contributed by atoms with Crippen LogP contribution in [0.5, 0.6) is 0 Å². The van der Waals surface area contributed by atoms with E-state index in [1.165, 1.54) is 23.1 Å². The monoisotopic (exact) mass is 648 g/mol. The van der Waals surface area contributed by atoms with E-state index in [-0.39, 0.29) is 28.7 Å². The first-order chi connectivity index (χ1) is 20.8. The average molecular weight is 649 g/mol. The van der Waals surface area contributed by atoms with E-state index < -0.39 is 64.6 Å². The van der Waals surface area contributed by atoms with Crippen LogP contribution < -0.4 is 16.0 Å². The van der Waals surface area contributed by atoms with Crippen LogP contribution in [0.15, 0.2) is 54.6 Å². The lowest BCUT2D eigenvalue weighted by molar-refractivity contribution is -0.138. The molecule has 0 radical (unpaired) electrons. The van der Waals surface area contributed by atoms with Crippen LogP contribution in [0.4, 0.5) is 28.9 Å². The number of rotatable bonds is 5. The highest BCUT2D eigenvalue weighted by Crippen LogP contribution is 2.63. The molecule has 230 valence electrons. The molecule has 13 heteroatoms. The van der Waals surface area contributed by atoms with E-state index in [1.54, 1.807) is 24.3 Å². The number of fused-ring (bicyclic) bond motifs is 3. The van der Waals surface area contributed by atoms with Gasteiger partial charge in [-0.05, 0) is 60.7 Å². The molecule has 2 amide bonds. The lowest BCUT2D eigenvalue weighted by atomic mass is 9.71. The van der Waals surface area contributed by atoms with Crippen molar-refractivity contribution in [3.8, 4) is 0 Å². The molecular weight excluding hydrogens is 623 g/mol. The summed E-state index contributed by atoms with van der Waals surface area (Å²) in [6.45, 7) is 0.479. The van der Waals surface area contributed by atoms with Gasteiger partial charge in [-0.3, -0.25) is 14.5 Å². The summed E-state index contributed by atoms with van der Waals surface area (Å²) in [6.07, 6.45) is -4.48. The van der Waals surface area contributed by atoms with Crippen molar-refractivity contribution in [2.75, 3.05) is 23.3 Å². The van der Waals surface area contributed by atoms with Crippen LogP contribution in [0.2, 0.25) is 10.0 Å². The summed E-state index contributed by atoms with van der Waals surface area (Å²) in [5.41, 5.74) is 3.03. The molecule has 44 heavy (non-hydrogen) atoms. The number of amides is 2. The summed E-state index contributed by atoms with van der Waals surface area (Å²) >= 11 is 12.5. The Morgan fingerprint density at radius 3 is 2.55 bits per heavy atom. The fraction of sp³-hybridized carbons (Fsp3) is 0.355. The van der Waals surface area contributed by atoms with Gasteiger partial charge in [0, 0.05) is 52.9 Å². The fourth-order valence-corrected chi connectivity index (χ4v) is 7.97. The van der Waals surface area contributed by atoms with E-state index >= 15 is 4.39 Å². The van der Waals surface area contributed by atoms with Gasteiger partial charge in [-0.2, -0.15) is 13.2 Å². The molecule has 5 atom stereocenters. The number of hydrogen-bond acceptors (Lipinski definition) is 5. The molecule has 3 heterocycles. The summed E-state index contributed by atoms with van der Waals surface area (Å²) in [5.74, 6) is -3.95. The maximum atomic E-state index is 16.0. The molecule has 4 aliphatic rings. The van der Waals surface area contributed by atoms with Crippen LogP contribution in [0, 0.1) is 17.7 Å². The maximum absolute atomic E-state index is 16.0. The average Bonchev–Trinajstić information content (AvgIpc) is 3.58. The van der Waals surface area contributed by atoms with E-state index in [2.05, 4.69) is 5.32 Å². The largest absolute Gasteiger partial charge is 0.417 e. The molecule has 3 aromatic carbocycles. The number of nitrogens with one attached hydrogen (secondary N) is 1. The Labute approximate surface area is 259 Å². The number of benzene rings is 3. The summed E-state index contributed by atoms with van der Waals surface area (Å²) in [4.78, 5) is 29.5. The normalized spacial score (nSPS) is 28.0. The molecule has 3 aromatic rings. The van der Waals surface area contributed by atoms with Crippen molar-refractivity contribution in [1.82, 2.24) is 4.90 Å². The summed E-state index contributed by atoms with van der Waals surface area (Å²) < 4.78 is 58.0. The minimum absolute atomic E-state index is 0.0121. The van der Waals surface area contributed by atoms with Gasteiger partial charge in [0.05, 0.1) is 16.1 Å². The van der Waals surface area contributed by atoms with Crippen molar-refractivity contribution in [2.45, 2.75) is 42.7 Å². The van der Waals surface area contributed by atoms with Crippen molar-refractivity contribution in [3.05, 3.63) is 92.7 Å². The molecule has 0 aromatic heterocycles. The van der Waals surface area contributed by atoms with Crippen molar-refractivity contribution in [3.63, 3.8) is 0 Å². The molecule has 0 bridgehead atoms. The van der Waals surface area contributed by atoms with Crippen molar-refractivity contribution in [2.24, 2.45) is 17.6 Å². The minimum atomic E-state index is -4.89. The van der Waals surface area contributed by atoms with Gasteiger partial charge in [0.2, 0.25) is 11.8 Å². The molecule has 7 rings (SSSR count). The Balaban J connectivity index is 1.42. The third kappa shape index (κ3) is 4.23. The highest BCUT2D eigenvalue weighted by molar-refractivity contribution is 6.31. The molecule has 2 saturated heterocycles. The highest BCUT2D eigenvalue weighted by atomic mass is 35.5. The predicted octanol–water partition coefficient (Wildman–Crippen LogP) is 5.73. The Morgan fingerprint density at radius 1 is 1.11 bits per heavy atom. The fourth-order valence-electron chi connectivity index (χ4n) is 7.61. The highest BCUT2D eigenvalue weighted by Gasteiger charge is 2.71. The van der Waals surface area contributed by atoms with Gasteiger partial charge in [0.1, 0.15) is 17.6 Å². The molecule has 3 aliphatic heterocycles. The number of carbonyl (C=O) groups is 2. The molecular formula is C31H26Cl2F4N4O3. The van der Waals surface area contributed by atoms with E-state index in [4.69, 9.17) is 28.9 Å². The van der Waals surface area contributed by atoms with E-state index in [9.17, 15) is 27.9 Å². The molecule has 1 saturated carbocycles. The Kier molecular flexibility index (Phi) is 6.71. The molecule has 4 N–H and O–H groups in total. The van der Waals surface area contributed by atoms with Gasteiger partial charge in [-0.25, -0.2) is 4.39 Å². The number of carbonyl (C=O) groups excluding carboxylic acids is 2. The van der Waals surface area contributed by atoms with E-state index in [0.717, 1.165) is 25.0 Å². The van der Waals surface area contributed by atoms with Crippen LogP contribution in [0.3, 0.4) is 0 Å². The summed E-state index contributed by atoms with van der Waals surface area (Å²) in [6, 6.07) is 12.0. The molecule has 1 spiro atoms. The summed E-state index contributed by atoms with van der Waals surface area (Å²) in [7, 11) is 0. The number of aliphatic hydroxyl groups excluding tert-OH is 1. The third-order valence-electron chi connectivity index (χ3n) is 9.54. The predicted molar refractivity (Wildman–Crippen MR) is 156 cm³/mol. The number of likely N-dealkylation sites (tertiary alicyclic amines) is 1. The number of anilines is 2. The summed E-state index contributed by atoms with van der Waals surface area (Å²) in [5, 5.41) is 15.1. The second-order valence-electron chi connectivity index (χ2n) is 11.9. The van der Waals surface area contributed by atoms with Crippen LogP contribution in [0.1, 0.15) is 45.8 Å². The number of nitrogens with two attached hydrogens (primary N) is 1. The van der Waals surface area contributed by atoms with E-state index in [0.29, 0.717) is 22.8 Å². The first-order valence-corrected chi connectivity index (χ1v) is 14.9. The number of nitrogens with zero attached hydrogens (tertiary/aromatic N) is 2. The Hall–Kier alpha value is -3.38. The van der Waals surface area contributed by atoms with Crippen molar-refractivity contribution >= 4 is 46.4 Å².